The predicted molar refractivity (Wildman–Crippen MR) is 151 cm³/mol. The van der Waals surface area contributed by atoms with Gasteiger partial charge in [0.1, 0.15) is 11.6 Å². The fourth-order valence-corrected chi connectivity index (χ4v) is 5.29. The number of nitrogens with zero attached hydrogens (tertiary/aromatic N) is 2. The van der Waals surface area contributed by atoms with Crippen molar-refractivity contribution in [2.45, 2.75) is 25.1 Å². The van der Waals surface area contributed by atoms with Gasteiger partial charge in [-0.05, 0) is 42.3 Å². The summed E-state index contributed by atoms with van der Waals surface area (Å²) < 4.78 is 0. The fourth-order valence-electron chi connectivity index (χ4n) is 5.29. The Morgan fingerprint density at radius 2 is 1.70 bits per heavy atom. The highest BCUT2D eigenvalue weighted by Gasteiger charge is 2.49. The summed E-state index contributed by atoms with van der Waals surface area (Å²) in [6, 6.07) is 28.7. The molecule has 5 aromatic rings. The molecule has 1 atom stereocenters. The zero-order valence-electron chi connectivity index (χ0n) is 21.7. The minimum Gasteiger partial charge on any atom is -0.507 e. The van der Waals surface area contributed by atoms with Crippen molar-refractivity contribution in [2.75, 3.05) is 6.54 Å². The van der Waals surface area contributed by atoms with Crippen molar-refractivity contribution in [1.82, 2.24) is 20.2 Å². The first-order chi connectivity index (χ1) is 19.4. The summed E-state index contributed by atoms with van der Waals surface area (Å²) in [7, 11) is 0. The van der Waals surface area contributed by atoms with Gasteiger partial charge in [-0.3, -0.25) is 14.5 Å². The number of fused-ring (bicyclic) bond motifs is 2. The van der Waals surface area contributed by atoms with Gasteiger partial charge in [0.15, 0.2) is 5.72 Å². The molecule has 6 rings (SSSR count). The smallest absolute Gasteiger partial charge is 0.257 e. The van der Waals surface area contributed by atoms with E-state index in [-0.39, 0.29) is 29.7 Å². The normalized spacial score (nSPS) is 16.3. The average Bonchev–Trinajstić information content (AvgIpc) is 3.48. The molecule has 40 heavy (non-hydrogen) atoms. The molecular formula is C32H28N4O4. The van der Waals surface area contributed by atoms with Gasteiger partial charge < -0.3 is 20.5 Å². The van der Waals surface area contributed by atoms with Crippen molar-refractivity contribution < 1.29 is 19.8 Å². The van der Waals surface area contributed by atoms with Crippen molar-refractivity contribution in [3.63, 3.8) is 0 Å². The highest BCUT2D eigenvalue weighted by Crippen LogP contribution is 2.43. The van der Waals surface area contributed by atoms with Crippen molar-refractivity contribution in [2.24, 2.45) is 0 Å². The third-order valence-corrected chi connectivity index (χ3v) is 7.31. The summed E-state index contributed by atoms with van der Waals surface area (Å²) in [5.41, 5.74) is 2.61. The number of imidazole rings is 1. The van der Waals surface area contributed by atoms with Gasteiger partial charge >= 0.3 is 0 Å². The molecule has 0 saturated carbocycles. The highest BCUT2D eigenvalue weighted by atomic mass is 16.3. The van der Waals surface area contributed by atoms with Crippen LogP contribution in [-0.2, 0) is 18.7 Å². The van der Waals surface area contributed by atoms with E-state index in [9.17, 15) is 19.8 Å². The standard InChI is InChI=1S/C32H28N4O4/c37-28-14-7-5-12-24(28)30(38)33-18-8-15-29-34-26-17-16-22(19-27(26)35-29)32(40)25-13-6-4-11-23(25)31(39)36(32)20-21-9-2-1-3-10-21/h1-7,9-14,16-17,19,37,40H,8,15,18,20H2,(H,33,38)(H,34,35). The number of hydrogen-bond acceptors (Lipinski definition) is 5. The van der Waals surface area contributed by atoms with E-state index in [2.05, 4.69) is 15.3 Å². The maximum absolute atomic E-state index is 13.5. The maximum atomic E-state index is 13.5. The number of aromatic hydroxyl groups is 1. The van der Waals surface area contributed by atoms with Gasteiger partial charge in [-0.2, -0.15) is 0 Å². The van der Waals surface area contributed by atoms with Crippen LogP contribution in [0.4, 0.5) is 0 Å². The molecule has 4 N–H and O–H groups in total. The van der Waals surface area contributed by atoms with Gasteiger partial charge in [0.25, 0.3) is 11.8 Å². The zero-order valence-corrected chi connectivity index (χ0v) is 21.7. The summed E-state index contributed by atoms with van der Waals surface area (Å²) in [5, 5.41) is 24.9. The summed E-state index contributed by atoms with van der Waals surface area (Å²) in [6.45, 7) is 0.673. The fraction of sp³-hybridized carbons (Fsp3) is 0.156. The number of rotatable bonds is 8. The lowest BCUT2D eigenvalue weighted by Gasteiger charge is -2.35. The molecule has 1 aromatic heterocycles. The Labute approximate surface area is 230 Å². The van der Waals surface area contributed by atoms with Gasteiger partial charge in [-0.1, -0.05) is 66.7 Å². The number of aromatic amines is 1. The van der Waals surface area contributed by atoms with Crippen molar-refractivity contribution >= 4 is 22.8 Å². The van der Waals surface area contributed by atoms with Crippen LogP contribution in [0.15, 0.2) is 97.1 Å². The molecule has 0 spiro atoms. The minimum absolute atomic E-state index is 0.0522. The highest BCUT2D eigenvalue weighted by molar-refractivity contribution is 6.00. The molecule has 0 fully saturated rings. The Kier molecular flexibility index (Phi) is 6.53. The first kappa shape index (κ1) is 25.3. The Bertz CT molecular complexity index is 1710. The second-order valence-electron chi connectivity index (χ2n) is 9.89. The molecule has 2 heterocycles. The Hall–Kier alpha value is -4.95. The first-order valence-corrected chi connectivity index (χ1v) is 13.2. The van der Waals surface area contributed by atoms with Crippen LogP contribution in [0, 0.1) is 0 Å². The first-order valence-electron chi connectivity index (χ1n) is 13.2. The number of carbonyl (C=O) groups is 2. The molecule has 8 nitrogen and oxygen atoms in total. The van der Waals surface area contributed by atoms with Gasteiger partial charge in [0.2, 0.25) is 0 Å². The van der Waals surface area contributed by atoms with Crippen LogP contribution in [0.5, 0.6) is 5.75 Å². The summed E-state index contributed by atoms with van der Waals surface area (Å²) >= 11 is 0. The van der Waals surface area contributed by atoms with E-state index in [0.717, 1.165) is 22.4 Å². The van der Waals surface area contributed by atoms with Crippen LogP contribution in [0.3, 0.4) is 0 Å². The predicted octanol–water partition coefficient (Wildman–Crippen LogP) is 4.48. The second-order valence-corrected chi connectivity index (χ2v) is 9.89. The summed E-state index contributed by atoms with van der Waals surface area (Å²) in [5.74, 6) is 0.147. The van der Waals surface area contributed by atoms with E-state index in [1.54, 1.807) is 36.4 Å². The number of benzene rings is 4. The molecule has 1 unspecified atom stereocenters. The van der Waals surface area contributed by atoms with Crippen molar-refractivity contribution in [3.05, 3.63) is 131 Å². The van der Waals surface area contributed by atoms with Crippen LogP contribution in [0.1, 0.15) is 49.7 Å². The zero-order chi connectivity index (χ0) is 27.7. The van der Waals surface area contributed by atoms with E-state index in [1.807, 2.05) is 54.6 Å². The SMILES string of the molecule is O=C(NCCCc1nc2ccc(C3(O)c4ccccc4C(=O)N3Cc3ccccc3)cc2[nH]1)c1ccccc1O. The molecule has 0 aliphatic carbocycles. The second kappa shape index (κ2) is 10.3. The molecule has 2 amide bonds. The molecule has 0 radical (unpaired) electrons. The van der Waals surface area contributed by atoms with Gasteiger partial charge in [0.05, 0.1) is 16.6 Å². The topological polar surface area (TPSA) is 119 Å². The van der Waals surface area contributed by atoms with Crippen LogP contribution >= 0.6 is 0 Å². The maximum Gasteiger partial charge on any atom is 0.257 e. The number of H-pyrrole nitrogens is 1. The number of phenolic OH excluding ortho intramolecular Hbond substituents is 1. The molecule has 1 aliphatic rings. The molecular weight excluding hydrogens is 504 g/mol. The molecule has 8 heteroatoms. The Morgan fingerprint density at radius 3 is 2.52 bits per heavy atom. The monoisotopic (exact) mass is 532 g/mol. The number of aromatic nitrogens is 2. The number of nitrogens with one attached hydrogen (secondary N) is 2. The van der Waals surface area contributed by atoms with Gasteiger partial charge in [0, 0.05) is 36.2 Å². The molecule has 4 aromatic carbocycles. The number of phenols is 1. The Balaban J connectivity index is 1.22. The van der Waals surface area contributed by atoms with Crippen LogP contribution in [0.2, 0.25) is 0 Å². The van der Waals surface area contributed by atoms with Crippen molar-refractivity contribution in [1.29, 1.82) is 0 Å². The van der Waals surface area contributed by atoms with Crippen LogP contribution in [-0.4, -0.2) is 43.4 Å². The van der Waals surface area contributed by atoms with Crippen LogP contribution in [0.25, 0.3) is 11.0 Å². The quantitative estimate of drug-likeness (QED) is 0.220. The number of aryl methyl sites for hydroxylation is 1. The lowest BCUT2D eigenvalue weighted by atomic mass is 9.93. The Morgan fingerprint density at radius 1 is 0.950 bits per heavy atom. The molecule has 0 bridgehead atoms. The van der Waals surface area contributed by atoms with Gasteiger partial charge in [-0.25, -0.2) is 4.98 Å². The summed E-state index contributed by atoms with van der Waals surface area (Å²) in [4.78, 5) is 35.3. The third-order valence-electron chi connectivity index (χ3n) is 7.31. The van der Waals surface area contributed by atoms with E-state index in [1.165, 1.54) is 11.0 Å². The van der Waals surface area contributed by atoms with Crippen LogP contribution < -0.4 is 5.32 Å². The molecule has 1 aliphatic heterocycles. The number of aliphatic hydroxyl groups is 1. The van der Waals surface area contributed by atoms with E-state index >= 15 is 0 Å². The summed E-state index contributed by atoms with van der Waals surface area (Å²) in [6.07, 6.45) is 1.24. The lowest BCUT2D eigenvalue weighted by molar-refractivity contribution is -0.0542. The van der Waals surface area contributed by atoms with Gasteiger partial charge in [-0.15, -0.1) is 0 Å². The minimum atomic E-state index is -1.64. The number of hydrogen-bond donors (Lipinski definition) is 4. The van der Waals surface area contributed by atoms with Crippen molar-refractivity contribution in [3.8, 4) is 5.75 Å². The van der Waals surface area contributed by atoms with E-state index < -0.39 is 5.72 Å². The number of amides is 2. The van der Waals surface area contributed by atoms with E-state index in [4.69, 9.17) is 0 Å². The largest absolute Gasteiger partial charge is 0.507 e. The number of carbonyl (C=O) groups excluding carboxylic acids is 2. The molecule has 200 valence electrons. The molecule has 0 saturated heterocycles. The third kappa shape index (κ3) is 4.48. The lowest BCUT2D eigenvalue weighted by Crippen LogP contribution is -2.44. The average molecular weight is 533 g/mol. The van der Waals surface area contributed by atoms with E-state index in [0.29, 0.717) is 36.1 Å². The number of para-hydroxylation sites is 1.